The first-order valence-corrected chi connectivity index (χ1v) is 9.50. The topological polar surface area (TPSA) is 52.7 Å². The average Bonchev–Trinajstić information content (AvgIpc) is 3.12. The summed E-state index contributed by atoms with van der Waals surface area (Å²) in [6.45, 7) is 4.19. The van der Waals surface area contributed by atoms with Crippen LogP contribution >= 0.6 is 0 Å². The normalized spacial score (nSPS) is 29.2. The first-order valence-electron chi connectivity index (χ1n) is 9.50. The fourth-order valence-corrected chi connectivity index (χ4v) is 4.43. The molecule has 3 aliphatic rings. The Morgan fingerprint density at radius 3 is 2.68 bits per heavy atom. The second-order valence-corrected chi connectivity index (χ2v) is 7.77. The van der Waals surface area contributed by atoms with Gasteiger partial charge in [0.05, 0.1) is 0 Å². The van der Waals surface area contributed by atoms with Crippen molar-refractivity contribution in [1.82, 2.24) is 15.1 Å². The molecule has 0 spiro atoms. The lowest BCUT2D eigenvalue weighted by Gasteiger charge is -2.31. The Morgan fingerprint density at radius 2 is 1.88 bits per heavy atom. The molecular weight excluding hydrogens is 314 g/mol. The van der Waals surface area contributed by atoms with Crippen molar-refractivity contribution in [1.29, 1.82) is 0 Å². The monoisotopic (exact) mass is 341 g/mol. The number of fused-ring (bicyclic) bond motifs is 2. The maximum Gasteiger partial charge on any atom is 0.245 e. The summed E-state index contributed by atoms with van der Waals surface area (Å²) in [5.74, 6) is 0.251. The first kappa shape index (κ1) is 16.6. The third-order valence-corrected chi connectivity index (χ3v) is 5.92. The molecule has 3 aliphatic heterocycles. The Balaban J connectivity index is 1.46. The van der Waals surface area contributed by atoms with Gasteiger partial charge in [0.2, 0.25) is 11.8 Å². The lowest BCUT2D eigenvalue weighted by molar-refractivity contribution is -0.142. The van der Waals surface area contributed by atoms with Crippen LogP contribution in [0.4, 0.5) is 0 Å². The highest BCUT2D eigenvalue weighted by Gasteiger charge is 2.40. The van der Waals surface area contributed by atoms with Crippen LogP contribution in [0.3, 0.4) is 0 Å². The van der Waals surface area contributed by atoms with Crippen molar-refractivity contribution >= 4 is 11.8 Å². The van der Waals surface area contributed by atoms with Crippen molar-refractivity contribution in [2.24, 2.45) is 0 Å². The number of likely N-dealkylation sites (tertiary alicyclic amines) is 2. The SMILES string of the molecule is Cc1ccc(CN2C(=O)CCC2C(=O)N2CCC3CCC(C2)N3)cc1. The largest absolute Gasteiger partial charge is 0.339 e. The molecule has 4 rings (SSSR count). The zero-order valence-corrected chi connectivity index (χ0v) is 14.9. The fourth-order valence-electron chi connectivity index (χ4n) is 4.43. The molecule has 3 atom stereocenters. The molecule has 0 aromatic heterocycles. The molecule has 3 fully saturated rings. The van der Waals surface area contributed by atoms with Crippen LogP contribution in [0.25, 0.3) is 0 Å². The smallest absolute Gasteiger partial charge is 0.245 e. The summed E-state index contributed by atoms with van der Waals surface area (Å²) in [4.78, 5) is 29.3. The van der Waals surface area contributed by atoms with Gasteiger partial charge < -0.3 is 15.1 Å². The quantitative estimate of drug-likeness (QED) is 0.913. The van der Waals surface area contributed by atoms with Crippen LogP contribution in [-0.4, -0.2) is 52.8 Å². The third-order valence-electron chi connectivity index (χ3n) is 5.92. The number of amides is 2. The van der Waals surface area contributed by atoms with E-state index in [1.54, 1.807) is 4.90 Å². The first-order chi connectivity index (χ1) is 12.1. The van der Waals surface area contributed by atoms with Gasteiger partial charge in [-0.05, 0) is 38.2 Å². The van der Waals surface area contributed by atoms with E-state index in [4.69, 9.17) is 0 Å². The van der Waals surface area contributed by atoms with Crippen molar-refractivity contribution < 1.29 is 9.59 Å². The molecule has 3 saturated heterocycles. The van der Waals surface area contributed by atoms with E-state index < -0.39 is 0 Å². The number of nitrogens with zero attached hydrogens (tertiary/aromatic N) is 2. The molecule has 3 unspecified atom stereocenters. The molecule has 0 aliphatic carbocycles. The van der Waals surface area contributed by atoms with E-state index in [9.17, 15) is 9.59 Å². The van der Waals surface area contributed by atoms with Gasteiger partial charge in [0.25, 0.3) is 0 Å². The van der Waals surface area contributed by atoms with Crippen LogP contribution in [0, 0.1) is 6.92 Å². The lowest BCUT2D eigenvalue weighted by Crippen LogP contribution is -2.49. The lowest BCUT2D eigenvalue weighted by atomic mass is 10.1. The maximum atomic E-state index is 13.1. The van der Waals surface area contributed by atoms with E-state index >= 15 is 0 Å². The Kier molecular flexibility index (Phi) is 4.50. The summed E-state index contributed by atoms with van der Waals surface area (Å²) >= 11 is 0. The fraction of sp³-hybridized carbons (Fsp3) is 0.600. The number of hydrogen-bond donors (Lipinski definition) is 1. The number of hydrogen-bond acceptors (Lipinski definition) is 3. The van der Waals surface area contributed by atoms with Crippen molar-refractivity contribution in [2.75, 3.05) is 13.1 Å². The molecule has 134 valence electrons. The zero-order chi connectivity index (χ0) is 17.4. The average molecular weight is 341 g/mol. The van der Waals surface area contributed by atoms with E-state index in [2.05, 4.69) is 36.5 Å². The van der Waals surface area contributed by atoms with Gasteiger partial charge in [0.1, 0.15) is 6.04 Å². The number of aryl methyl sites for hydroxylation is 1. The molecule has 1 aromatic carbocycles. The molecule has 0 radical (unpaired) electrons. The predicted octanol–water partition coefficient (Wildman–Crippen LogP) is 1.84. The highest BCUT2D eigenvalue weighted by molar-refractivity contribution is 5.91. The molecule has 5 nitrogen and oxygen atoms in total. The van der Waals surface area contributed by atoms with Crippen LogP contribution in [0.5, 0.6) is 0 Å². The summed E-state index contributed by atoms with van der Waals surface area (Å²) < 4.78 is 0. The Morgan fingerprint density at radius 1 is 1.12 bits per heavy atom. The number of carbonyl (C=O) groups excluding carboxylic acids is 2. The Labute approximate surface area is 149 Å². The molecule has 25 heavy (non-hydrogen) atoms. The van der Waals surface area contributed by atoms with Gasteiger partial charge in [0, 0.05) is 38.1 Å². The van der Waals surface area contributed by atoms with E-state index in [1.165, 1.54) is 12.0 Å². The van der Waals surface area contributed by atoms with E-state index in [-0.39, 0.29) is 17.9 Å². The number of rotatable bonds is 3. The van der Waals surface area contributed by atoms with Crippen LogP contribution in [0.2, 0.25) is 0 Å². The molecule has 2 bridgehead atoms. The molecule has 1 aromatic rings. The van der Waals surface area contributed by atoms with Crippen molar-refractivity contribution in [3.8, 4) is 0 Å². The molecule has 1 N–H and O–H groups in total. The van der Waals surface area contributed by atoms with Crippen molar-refractivity contribution in [2.45, 2.75) is 63.7 Å². The minimum absolute atomic E-state index is 0.105. The van der Waals surface area contributed by atoms with Gasteiger partial charge in [-0.15, -0.1) is 0 Å². The second-order valence-electron chi connectivity index (χ2n) is 7.77. The van der Waals surface area contributed by atoms with E-state index in [1.807, 2.05) is 4.90 Å². The van der Waals surface area contributed by atoms with E-state index in [0.717, 1.165) is 31.5 Å². The summed E-state index contributed by atoms with van der Waals surface area (Å²) in [5, 5.41) is 3.62. The molecule has 3 heterocycles. The molecular formula is C20H27N3O2. The molecule has 0 saturated carbocycles. The predicted molar refractivity (Wildman–Crippen MR) is 95.9 cm³/mol. The minimum atomic E-state index is -0.287. The summed E-state index contributed by atoms with van der Waals surface area (Å²) in [5.41, 5.74) is 2.30. The minimum Gasteiger partial charge on any atom is -0.339 e. The molecule has 2 amide bonds. The van der Waals surface area contributed by atoms with Gasteiger partial charge in [-0.25, -0.2) is 0 Å². The number of nitrogens with one attached hydrogen (secondary N) is 1. The zero-order valence-electron chi connectivity index (χ0n) is 14.9. The van der Waals surface area contributed by atoms with E-state index in [0.29, 0.717) is 31.5 Å². The van der Waals surface area contributed by atoms with Gasteiger partial charge in [0.15, 0.2) is 0 Å². The van der Waals surface area contributed by atoms with Crippen LogP contribution in [0.1, 0.15) is 43.2 Å². The second kappa shape index (κ2) is 6.79. The van der Waals surface area contributed by atoms with Crippen molar-refractivity contribution in [3.63, 3.8) is 0 Å². The highest BCUT2D eigenvalue weighted by Crippen LogP contribution is 2.26. The highest BCUT2D eigenvalue weighted by atomic mass is 16.2. The van der Waals surface area contributed by atoms with Crippen LogP contribution in [-0.2, 0) is 16.1 Å². The molecule has 5 heteroatoms. The third kappa shape index (κ3) is 3.43. The summed E-state index contributed by atoms with van der Waals surface area (Å²) in [7, 11) is 0. The van der Waals surface area contributed by atoms with Gasteiger partial charge in [-0.1, -0.05) is 29.8 Å². The van der Waals surface area contributed by atoms with Gasteiger partial charge in [-0.2, -0.15) is 0 Å². The number of benzene rings is 1. The Hall–Kier alpha value is -1.88. The van der Waals surface area contributed by atoms with Crippen LogP contribution in [0.15, 0.2) is 24.3 Å². The van der Waals surface area contributed by atoms with Gasteiger partial charge >= 0.3 is 0 Å². The summed E-state index contributed by atoms with van der Waals surface area (Å²) in [6, 6.07) is 8.93. The Bertz CT molecular complexity index is 657. The summed E-state index contributed by atoms with van der Waals surface area (Å²) in [6.07, 6.45) is 4.56. The van der Waals surface area contributed by atoms with Crippen molar-refractivity contribution in [3.05, 3.63) is 35.4 Å². The van der Waals surface area contributed by atoms with Crippen LogP contribution < -0.4 is 5.32 Å². The van der Waals surface area contributed by atoms with Gasteiger partial charge in [-0.3, -0.25) is 9.59 Å². The number of carbonyl (C=O) groups is 2. The standard InChI is InChI=1S/C20H27N3O2/c1-14-2-4-15(5-3-14)12-23-18(8-9-19(23)24)20(25)22-11-10-16-6-7-17(13-22)21-16/h2-5,16-18,21H,6-13H2,1H3. The maximum absolute atomic E-state index is 13.1.